The van der Waals surface area contributed by atoms with Crippen LogP contribution in [0.25, 0.3) is 16.9 Å². The van der Waals surface area contributed by atoms with Crippen LogP contribution in [0.1, 0.15) is 15.9 Å². The molecular formula is C26H19FN4O2. The first kappa shape index (κ1) is 20.4. The maximum atomic E-state index is 14.1. The lowest BCUT2D eigenvalue weighted by atomic mass is 10.1. The molecule has 1 amide bonds. The number of nitrogens with zero attached hydrogens (tertiary/aromatic N) is 3. The van der Waals surface area contributed by atoms with Gasteiger partial charge in [-0.2, -0.15) is 9.78 Å². The first-order valence-electron chi connectivity index (χ1n) is 10.4. The van der Waals surface area contributed by atoms with Crippen molar-refractivity contribution in [3.05, 3.63) is 125 Å². The molecule has 5 rings (SSSR count). The van der Waals surface area contributed by atoms with Crippen molar-refractivity contribution in [2.45, 2.75) is 6.54 Å². The maximum Gasteiger partial charge on any atom is 0.282 e. The molecule has 33 heavy (non-hydrogen) atoms. The molecular weight excluding hydrogens is 419 g/mol. The number of hydrogen-bond donors (Lipinski definition) is 1. The average molecular weight is 438 g/mol. The zero-order valence-corrected chi connectivity index (χ0v) is 17.5. The van der Waals surface area contributed by atoms with Crippen LogP contribution in [0.4, 0.5) is 10.1 Å². The van der Waals surface area contributed by atoms with E-state index < -0.39 is 11.7 Å². The molecule has 0 atom stereocenters. The van der Waals surface area contributed by atoms with Gasteiger partial charge in [-0.1, -0.05) is 60.7 Å². The number of pyridine rings is 1. The van der Waals surface area contributed by atoms with Gasteiger partial charge in [0.1, 0.15) is 11.5 Å². The molecule has 0 aliphatic carbocycles. The standard InChI is InChI=1S/C26H19FN4O2/c27-22-13-7-8-14-23(22)28-25(32)20-16-30(15-18-9-3-1-4-10-18)17-21-24(20)29-31(26(21)33)19-11-5-2-6-12-19/h1-14,16-17H,15H2,(H,28,32). The van der Waals surface area contributed by atoms with Gasteiger partial charge < -0.3 is 9.88 Å². The fourth-order valence-electron chi connectivity index (χ4n) is 3.71. The largest absolute Gasteiger partial charge is 0.348 e. The summed E-state index contributed by atoms with van der Waals surface area (Å²) in [7, 11) is 0. The molecule has 0 fully saturated rings. The summed E-state index contributed by atoms with van der Waals surface area (Å²) >= 11 is 0. The number of carbonyl (C=O) groups excluding carboxylic acids is 1. The van der Waals surface area contributed by atoms with Gasteiger partial charge in [0.15, 0.2) is 0 Å². The predicted molar refractivity (Wildman–Crippen MR) is 124 cm³/mol. The van der Waals surface area contributed by atoms with E-state index in [1.54, 1.807) is 41.2 Å². The molecule has 2 aliphatic rings. The number of para-hydroxylation sites is 2. The van der Waals surface area contributed by atoms with Crippen LogP contribution in [0.3, 0.4) is 0 Å². The molecule has 0 bridgehead atoms. The summed E-state index contributed by atoms with van der Waals surface area (Å²) in [6.07, 6.45) is 3.32. The van der Waals surface area contributed by atoms with E-state index in [-0.39, 0.29) is 22.5 Å². The van der Waals surface area contributed by atoms with Crippen LogP contribution in [0.5, 0.6) is 0 Å². The molecule has 1 N–H and O–H groups in total. The van der Waals surface area contributed by atoms with E-state index in [1.165, 1.54) is 16.8 Å². The molecule has 3 aromatic carbocycles. The Morgan fingerprint density at radius 3 is 2.27 bits per heavy atom. The number of fused-ring (bicyclic) bond motifs is 1. The zero-order valence-electron chi connectivity index (χ0n) is 17.5. The molecule has 162 valence electrons. The Morgan fingerprint density at radius 2 is 1.55 bits per heavy atom. The highest BCUT2D eigenvalue weighted by atomic mass is 19.1. The van der Waals surface area contributed by atoms with E-state index >= 15 is 0 Å². The van der Waals surface area contributed by atoms with Crippen molar-refractivity contribution in [3.8, 4) is 16.9 Å². The number of halogens is 1. The SMILES string of the molecule is O=C(Nc1ccccc1F)c1cn(Cc2ccccc2)cc2c(=O)n(-c3ccccc3)nc1-2. The lowest BCUT2D eigenvalue weighted by Gasteiger charge is -2.13. The van der Waals surface area contributed by atoms with Gasteiger partial charge in [0.25, 0.3) is 11.5 Å². The molecule has 0 aromatic heterocycles. The Kier molecular flexibility index (Phi) is 5.28. The maximum absolute atomic E-state index is 14.1. The van der Waals surface area contributed by atoms with Crippen LogP contribution in [0.2, 0.25) is 0 Å². The van der Waals surface area contributed by atoms with Crippen LogP contribution in [0, 0.1) is 5.82 Å². The van der Waals surface area contributed by atoms with Crippen molar-refractivity contribution in [1.29, 1.82) is 0 Å². The molecule has 0 spiro atoms. The summed E-state index contributed by atoms with van der Waals surface area (Å²) in [5.41, 5.74) is 2.05. The second-order valence-corrected chi connectivity index (χ2v) is 7.58. The molecule has 2 heterocycles. The number of aromatic nitrogens is 3. The van der Waals surface area contributed by atoms with Crippen molar-refractivity contribution in [1.82, 2.24) is 14.3 Å². The molecule has 6 nitrogen and oxygen atoms in total. The first-order chi connectivity index (χ1) is 16.1. The average Bonchev–Trinajstić information content (AvgIpc) is 3.17. The van der Waals surface area contributed by atoms with Crippen molar-refractivity contribution in [2.75, 3.05) is 5.32 Å². The summed E-state index contributed by atoms with van der Waals surface area (Å²) in [6.45, 7) is 0.451. The lowest BCUT2D eigenvalue weighted by Crippen LogP contribution is -2.18. The van der Waals surface area contributed by atoms with Crippen LogP contribution in [0.15, 0.2) is 102 Å². The second-order valence-electron chi connectivity index (χ2n) is 7.58. The molecule has 2 aliphatic heterocycles. The second kappa shape index (κ2) is 8.55. The Balaban J connectivity index is 1.64. The van der Waals surface area contributed by atoms with Gasteiger partial charge in [-0.05, 0) is 29.8 Å². The fraction of sp³-hybridized carbons (Fsp3) is 0.0385. The number of amides is 1. The number of benzene rings is 3. The van der Waals surface area contributed by atoms with E-state index in [4.69, 9.17) is 0 Å². The third-order valence-electron chi connectivity index (χ3n) is 5.30. The van der Waals surface area contributed by atoms with Gasteiger partial charge in [-0.3, -0.25) is 9.59 Å². The topological polar surface area (TPSA) is 68.9 Å². The summed E-state index contributed by atoms with van der Waals surface area (Å²) in [4.78, 5) is 26.4. The van der Waals surface area contributed by atoms with E-state index in [0.29, 0.717) is 17.8 Å². The Hall–Kier alpha value is -4.52. The molecule has 0 unspecified atom stereocenters. The third kappa shape index (κ3) is 4.04. The fourth-order valence-corrected chi connectivity index (χ4v) is 3.71. The normalized spacial score (nSPS) is 10.9. The number of carbonyl (C=O) groups is 1. The Morgan fingerprint density at radius 1 is 0.879 bits per heavy atom. The quantitative estimate of drug-likeness (QED) is 0.437. The monoisotopic (exact) mass is 438 g/mol. The summed E-state index contributed by atoms with van der Waals surface area (Å²) in [6, 6.07) is 24.6. The van der Waals surface area contributed by atoms with E-state index in [0.717, 1.165) is 5.56 Å². The Bertz CT molecular complexity index is 1460. The van der Waals surface area contributed by atoms with Gasteiger partial charge in [0.05, 0.1) is 22.5 Å². The predicted octanol–water partition coefficient (Wildman–Crippen LogP) is 4.58. The number of hydrogen-bond acceptors (Lipinski definition) is 3. The third-order valence-corrected chi connectivity index (χ3v) is 5.30. The van der Waals surface area contributed by atoms with Crippen LogP contribution >= 0.6 is 0 Å². The minimum absolute atomic E-state index is 0.0546. The van der Waals surface area contributed by atoms with Crippen LogP contribution < -0.4 is 10.9 Å². The zero-order chi connectivity index (χ0) is 22.8. The Labute approximate surface area is 188 Å². The molecule has 0 radical (unpaired) electrons. The molecule has 3 aromatic rings. The summed E-state index contributed by atoms with van der Waals surface area (Å²) < 4.78 is 17.2. The van der Waals surface area contributed by atoms with Crippen LogP contribution in [-0.4, -0.2) is 20.3 Å². The minimum Gasteiger partial charge on any atom is -0.348 e. The summed E-state index contributed by atoms with van der Waals surface area (Å²) in [5.74, 6) is -1.10. The number of rotatable bonds is 5. The van der Waals surface area contributed by atoms with Crippen molar-refractivity contribution in [2.24, 2.45) is 0 Å². The highest BCUT2D eigenvalue weighted by molar-refractivity contribution is 6.08. The number of nitrogens with one attached hydrogen (secondary N) is 1. The molecule has 0 saturated carbocycles. The smallest absolute Gasteiger partial charge is 0.282 e. The van der Waals surface area contributed by atoms with Crippen molar-refractivity contribution < 1.29 is 9.18 Å². The van der Waals surface area contributed by atoms with Crippen molar-refractivity contribution >= 4 is 11.6 Å². The lowest BCUT2D eigenvalue weighted by molar-refractivity contribution is 0.102. The van der Waals surface area contributed by atoms with E-state index in [2.05, 4.69) is 10.4 Å². The minimum atomic E-state index is -0.551. The highest BCUT2D eigenvalue weighted by Crippen LogP contribution is 2.24. The van der Waals surface area contributed by atoms with Gasteiger partial charge in [0, 0.05) is 18.9 Å². The van der Waals surface area contributed by atoms with Gasteiger partial charge in [0.2, 0.25) is 0 Å². The van der Waals surface area contributed by atoms with Crippen LogP contribution in [-0.2, 0) is 6.54 Å². The van der Waals surface area contributed by atoms with Gasteiger partial charge >= 0.3 is 0 Å². The molecule has 0 saturated heterocycles. The van der Waals surface area contributed by atoms with E-state index in [1.807, 2.05) is 48.5 Å². The summed E-state index contributed by atoms with van der Waals surface area (Å²) in [5, 5.41) is 7.05. The molecule has 7 heteroatoms. The van der Waals surface area contributed by atoms with Gasteiger partial charge in [-0.25, -0.2) is 4.39 Å². The van der Waals surface area contributed by atoms with E-state index in [9.17, 15) is 14.0 Å². The highest BCUT2D eigenvalue weighted by Gasteiger charge is 2.25. The van der Waals surface area contributed by atoms with Gasteiger partial charge in [-0.15, -0.1) is 0 Å². The first-order valence-corrected chi connectivity index (χ1v) is 10.4. The number of anilines is 1. The van der Waals surface area contributed by atoms with Crippen molar-refractivity contribution in [3.63, 3.8) is 0 Å².